The third-order valence-electron chi connectivity index (χ3n) is 10.9. The molecule has 0 aliphatic carbocycles. The van der Waals surface area contributed by atoms with E-state index in [0.29, 0.717) is 40.2 Å². The van der Waals surface area contributed by atoms with Gasteiger partial charge in [0, 0.05) is 47.2 Å². The topological polar surface area (TPSA) is 193 Å². The Morgan fingerprint density at radius 2 is 1.03 bits per heavy atom. The monoisotopic (exact) mass is 958 g/mol. The number of carbonyl (C=O) groups is 6. The number of phenolic OH excluding ortho intramolecular Hbond substituents is 1. The summed E-state index contributed by atoms with van der Waals surface area (Å²) >= 11 is 6.74. The van der Waals surface area contributed by atoms with E-state index in [4.69, 9.17) is 4.74 Å². The van der Waals surface area contributed by atoms with Gasteiger partial charge < -0.3 is 50.7 Å². The molecule has 4 aromatic rings. The molecule has 8 rings (SSSR count). The van der Waals surface area contributed by atoms with Crippen molar-refractivity contribution in [2.45, 2.75) is 37.8 Å². The predicted molar refractivity (Wildman–Crippen MR) is 236 cm³/mol. The lowest BCUT2D eigenvalue weighted by atomic mass is 10.1. The van der Waals surface area contributed by atoms with Gasteiger partial charge in [-0.3, -0.25) is 19.2 Å². The van der Waals surface area contributed by atoms with Gasteiger partial charge in [-0.25, -0.2) is 9.59 Å². The van der Waals surface area contributed by atoms with E-state index in [1.54, 1.807) is 53.4 Å². The average Bonchev–Trinajstić information content (AvgIpc) is 3.94. The van der Waals surface area contributed by atoms with Crippen molar-refractivity contribution in [1.29, 1.82) is 0 Å². The molecule has 4 heterocycles. The molecule has 16 nitrogen and oxygen atoms in total. The number of fused-ring (bicyclic) bond motifs is 2. The summed E-state index contributed by atoms with van der Waals surface area (Å²) in [7, 11) is 1.45. The summed E-state index contributed by atoms with van der Waals surface area (Å²) in [4.78, 5) is 82.5. The van der Waals surface area contributed by atoms with E-state index in [1.165, 1.54) is 24.1 Å². The first-order valence-corrected chi connectivity index (χ1v) is 21.3. The summed E-state index contributed by atoms with van der Waals surface area (Å²) in [6, 6.07) is 23.0. The van der Waals surface area contributed by atoms with Crippen LogP contribution in [-0.4, -0.2) is 119 Å². The summed E-state index contributed by atoms with van der Waals surface area (Å²) < 4.78 is 6.94. The highest BCUT2D eigenvalue weighted by Gasteiger charge is 2.39. The number of urea groups is 2. The number of benzene rings is 4. The van der Waals surface area contributed by atoms with Crippen molar-refractivity contribution in [1.82, 2.24) is 19.6 Å². The number of nitrogens with zero attached hydrogens (tertiary/aromatic N) is 4. The molecule has 4 aliphatic rings. The summed E-state index contributed by atoms with van der Waals surface area (Å²) in [5.41, 5.74) is 2.00. The normalized spacial score (nSPS) is 18.0. The molecule has 8 amide bonds. The van der Waals surface area contributed by atoms with Crippen molar-refractivity contribution in [2.75, 3.05) is 67.6 Å². The first kappa shape index (κ1) is 43.0. The molecule has 318 valence electrons. The van der Waals surface area contributed by atoms with Gasteiger partial charge in [-0.05, 0) is 106 Å². The summed E-state index contributed by atoms with van der Waals surface area (Å²) in [6.07, 6.45) is 3.69. The number of rotatable bonds is 7. The first-order chi connectivity index (χ1) is 29.4. The number of hydrogen-bond donors (Lipinski definition) is 5. The van der Waals surface area contributed by atoms with E-state index in [9.17, 15) is 33.9 Å². The molecule has 4 aliphatic heterocycles. The Morgan fingerprint density at radius 1 is 0.607 bits per heavy atom. The maximum absolute atomic E-state index is 13.2. The molecule has 0 aromatic heterocycles. The van der Waals surface area contributed by atoms with Gasteiger partial charge in [0.2, 0.25) is 11.8 Å². The van der Waals surface area contributed by atoms with Crippen molar-refractivity contribution >= 4 is 90.3 Å². The number of piperazine rings is 2. The maximum Gasteiger partial charge on any atom is 0.323 e. The molecule has 0 radical (unpaired) electrons. The van der Waals surface area contributed by atoms with Crippen LogP contribution in [0.15, 0.2) is 93.9 Å². The molecule has 2 unspecified atom stereocenters. The minimum atomic E-state index is -0.559. The number of halogens is 2. The molecule has 0 bridgehead atoms. The van der Waals surface area contributed by atoms with E-state index < -0.39 is 18.0 Å². The van der Waals surface area contributed by atoms with Gasteiger partial charge in [0.1, 0.15) is 13.1 Å². The van der Waals surface area contributed by atoms with Gasteiger partial charge in [0.15, 0.2) is 11.5 Å². The lowest BCUT2D eigenvalue weighted by Crippen LogP contribution is -2.55. The number of amides is 8. The summed E-state index contributed by atoms with van der Waals surface area (Å²) in [5.74, 6) is -0.877. The Bertz CT molecular complexity index is 2360. The van der Waals surface area contributed by atoms with Crippen LogP contribution in [0.25, 0.3) is 0 Å². The number of methoxy groups -OCH3 is 1. The van der Waals surface area contributed by atoms with Crippen LogP contribution in [0.2, 0.25) is 0 Å². The van der Waals surface area contributed by atoms with Gasteiger partial charge in [-0.1, -0.05) is 36.4 Å². The number of hydrogen-bond acceptors (Lipinski definition) is 8. The standard InChI is InChI=1S/C22H23BrN4O4.C21H21BrN4O4/c1-31-20-15(21(29)26-12-14-6-5-11-27(14)19(28)13-26)7-4-10-18(20)25-22(30)24-17-9-3-2-8-16(17)23;22-15-7-1-2-8-16(15)23-21(30)24-17-9-3-6-14(19(17)28)20(29)25-11-13-5-4-10-26(13)18(27)12-25/h2-4,7-10,14H,5-6,11-13H2,1H3,(H2,24,25,30);1-3,6-9,13,28H,4-5,10-12H2,(H2,23,24,30). The zero-order valence-electron chi connectivity index (χ0n) is 33.2. The lowest BCUT2D eigenvalue weighted by Gasteiger charge is -2.37. The molecule has 61 heavy (non-hydrogen) atoms. The van der Waals surface area contributed by atoms with Crippen LogP contribution in [-0.2, 0) is 9.59 Å². The number of phenols is 1. The van der Waals surface area contributed by atoms with Crippen LogP contribution in [0.5, 0.6) is 11.5 Å². The fourth-order valence-corrected chi connectivity index (χ4v) is 8.79. The molecule has 0 spiro atoms. The van der Waals surface area contributed by atoms with Crippen LogP contribution in [0.1, 0.15) is 46.4 Å². The number of nitrogens with one attached hydrogen (secondary N) is 4. The number of carbonyl (C=O) groups excluding carboxylic acids is 6. The number of ether oxygens (including phenoxy) is 1. The van der Waals surface area contributed by atoms with E-state index >= 15 is 0 Å². The van der Waals surface area contributed by atoms with Gasteiger partial charge in [0.05, 0.1) is 41.0 Å². The zero-order valence-corrected chi connectivity index (χ0v) is 36.3. The van der Waals surface area contributed by atoms with Crippen molar-refractivity contribution in [3.8, 4) is 11.5 Å². The van der Waals surface area contributed by atoms with E-state index in [-0.39, 0.29) is 65.6 Å². The summed E-state index contributed by atoms with van der Waals surface area (Å²) in [5, 5.41) is 21.4. The Balaban J connectivity index is 0.000000184. The molecule has 4 saturated heterocycles. The fourth-order valence-electron chi connectivity index (χ4n) is 8.02. The third-order valence-corrected chi connectivity index (χ3v) is 12.3. The summed E-state index contributed by atoms with van der Waals surface area (Å²) in [6.45, 7) is 2.51. The minimum Gasteiger partial charge on any atom is -0.505 e. The van der Waals surface area contributed by atoms with Crippen LogP contribution in [0.4, 0.5) is 32.3 Å². The number of aromatic hydroxyl groups is 1. The second-order valence-corrected chi connectivity index (χ2v) is 16.6. The zero-order chi connectivity index (χ0) is 43.2. The van der Waals surface area contributed by atoms with Gasteiger partial charge in [-0.2, -0.15) is 0 Å². The highest BCUT2D eigenvalue weighted by Crippen LogP contribution is 2.33. The third kappa shape index (κ3) is 9.75. The van der Waals surface area contributed by atoms with Crippen molar-refractivity contribution < 1.29 is 38.6 Å². The highest BCUT2D eigenvalue weighted by atomic mass is 79.9. The molecular formula is C43H44Br2N8O8. The quantitative estimate of drug-likeness (QED) is 0.125. The van der Waals surface area contributed by atoms with Crippen molar-refractivity contribution in [3.05, 3.63) is 105 Å². The number of para-hydroxylation sites is 4. The van der Waals surface area contributed by atoms with E-state index in [1.807, 2.05) is 34.1 Å². The average molecular weight is 961 g/mol. The van der Waals surface area contributed by atoms with Crippen LogP contribution < -0.4 is 26.0 Å². The van der Waals surface area contributed by atoms with E-state index in [2.05, 4.69) is 53.1 Å². The molecular weight excluding hydrogens is 916 g/mol. The molecule has 4 aromatic carbocycles. The molecule has 5 N–H and O–H groups in total. The largest absolute Gasteiger partial charge is 0.505 e. The highest BCUT2D eigenvalue weighted by molar-refractivity contribution is 9.11. The fraction of sp³-hybridized carbons (Fsp3) is 0.302. The van der Waals surface area contributed by atoms with Crippen LogP contribution >= 0.6 is 31.9 Å². The van der Waals surface area contributed by atoms with Gasteiger partial charge in [0.25, 0.3) is 11.8 Å². The van der Waals surface area contributed by atoms with Crippen molar-refractivity contribution in [3.63, 3.8) is 0 Å². The predicted octanol–water partition coefficient (Wildman–Crippen LogP) is 6.79. The second kappa shape index (κ2) is 19.1. The van der Waals surface area contributed by atoms with Crippen molar-refractivity contribution in [2.24, 2.45) is 0 Å². The molecule has 4 fully saturated rings. The smallest absolute Gasteiger partial charge is 0.323 e. The van der Waals surface area contributed by atoms with Gasteiger partial charge >= 0.3 is 12.1 Å². The number of anilines is 4. The molecule has 18 heteroatoms. The Hall–Kier alpha value is -6.14. The Labute approximate surface area is 368 Å². The minimum absolute atomic E-state index is 0.00501. The molecule has 0 saturated carbocycles. The van der Waals surface area contributed by atoms with Crippen LogP contribution in [0.3, 0.4) is 0 Å². The lowest BCUT2D eigenvalue weighted by molar-refractivity contribution is -0.137. The first-order valence-electron chi connectivity index (χ1n) is 19.7. The SMILES string of the molecule is COc1c(NC(=O)Nc2ccccc2Br)cccc1C(=O)N1CC(=O)N2CCCC2C1.O=C(Nc1ccccc1Br)Nc1cccc(C(=O)N2CC(=O)N3CCCC3C2)c1O. The Kier molecular flexibility index (Phi) is 13.4. The molecule has 2 atom stereocenters. The van der Waals surface area contributed by atoms with E-state index in [0.717, 1.165) is 43.2 Å². The van der Waals surface area contributed by atoms with Crippen LogP contribution in [0, 0.1) is 0 Å². The van der Waals surface area contributed by atoms with Gasteiger partial charge in [-0.15, -0.1) is 0 Å². The second-order valence-electron chi connectivity index (χ2n) is 14.8. The maximum atomic E-state index is 13.2. The Morgan fingerprint density at radius 3 is 1.54 bits per heavy atom.